The van der Waals surface area contributed by atoms with Crippen LogP contribution in [0.5, 0.6) is 11.6 Å². The van der Waals surface area contributed by atoms with Crippen molar-refractivity contribution < 1.29 is 33.6 Å². The van der Waals surface area contributed by atoms with Crippen LogP contribution in [-0.2, 0) is 11.2 Å². The average Bonchev–Trinajstić information content (AvgIpc) is 3.72. The number of carboxylic acids is 1. The molecule has 3 unspecified atom stereocenters. The minimum atomic E-state index is -1.06. The van der Waals surface area contributed by atoms with Crippen molar-refractivity contribution in [2.24, 2.45) is 11.8 Å². The molecule has 0 saturated heterocycles. The molecule has 3 atom stereocenters. The second kappa shape index (κ2) is 11.4. The van der Waals surface area contributed by atoms with Gasteiger partial charge in [-0.05, 0) is 56.6 Å². The Morgan fingerprint density at radius 1 is 1.21 bits per heavy atom. The Bertz CT molecular complexity index is 1330. The molecule has 1 aliphatic carbocycles. The van der Waals surface area contributed by atoms with Crippen LogP contribution in [0.25, 0.3) is 11.3 Å². The van der Waals surface area contributed by atoms with Gasteiger partial charge in [0.2, 0.25) is 5.88 Å². The van der Waals surface area contributed by atoms with E-state index in [0.29, 0.717) is 17.9 Å². The van der Waals surface area contributed by atoms with Crippen molar-refractivity contribution >= 4 is 5.97 Å². The number of phenols is 1. The highest BCUT2D eigenvalue weighted by atomic mass is 19.1. The topological polar surface area (TPSA) is 126 Å². The van der Waals surface area contributed by atoms with E-state index in [1.165, 1.54) is 18.3 Å². The number of carbonyl (C=O) groups is 1. The summed E-state index contributed by atoms with van der Waals surface area (Å²) in [7, 11) is 0. The zero-order valence-electron chi connectivity index (χ0n) is 21.5. The molecule has 1 aromatic carbocycles. The monoisotopic (exact) mass is 527 g/mol. The van der Waals surface area contributed by atoms with E-state index in [-0.39, 0.29) is 47.2 Å². The summed E-state index contributed by atoms with van der Waals surface area (Å²) in [6.07, 6.45) is 3.26. The molecule has 8 nitrogen and oxygen atoms in total. The molecule has 10 heteroatoms. The first-order chi connectivity index (χ1) is 18.1. The number of aliphatic carboxylic acids is 1. The van der Waals surface area contributed by atoms with Crippen molar-refractivity contribution in [2.45, 2.75) is 58.5 Å². The van der Waals surface area contributed by atoms with Crippen LogP contribution in [0, 0.1) is 30.4 Å². The standard InChI is InChI=1S/C28H31F2N3O5/c1-4-38-23-11-19(20(29)12-31-23)26-15(3)33-21(13-32-26)22(34)10-8-17-7-9-18(25(30)27(17)35)24(16-5-6-16)14(2)28(36)37/h7,9,11-14,16,22,24,34-35H,4-6,8,10H2,1-3H3,(H,36,37). The van der Waals surface area contributed by atoms with Gasteiger partial charge in [0.05, 0.1) is 48.1 Å². The third kappa shape index (κ3) is 5.75. The maximum Gasteiger partial charge on any atom is 0.306 e. The Kier molecular flexibility index (Phi) is 8.20. The van der Waals surface area contributed by atoms with Crippen molar-refractivity contribution in [1.82, 2.24) is 15.0 Å². The molecule has 38 heavy (non-hydrogen) atoms. The average molecular weight is 528 g/mol. The van der Waals surface area contributed by atoms with Crippen molar-refractivity contribution in [2.75, 3.05) is 6.61 Å². The number of phenolic OH excluding ortho intramolecular Hbond substituents is 1. The lowest BCUT2D eigenvalue weighted by atomic mass is 9.82. The van der Waals surface area contributed by atoms with Crippen molar-refractivity contribution in [1.29, 1.82) is 0 Å². The molecular formula is C28H31F2N3O5. The molecule has 0 amide bonds. The van der Waals surface area contributed by atoms with Crippen molar-refractivity contribution in [3.8, 4) is 22.9 Å². The van der Waals surface area contributed by atoms with Gasteiger partial charge in [-0.25, -0.2) is 13.8 Å². The van der Waals surface area contributed by atoms with Crippen LogP contribution in [0.3, 0.4) is 0 Å². The first kappa shape index (κ1) is 27.4. The summed E-state index contributed by atoms with van der Waals surface area (Å²) in [5, 5.41) is 30.7. The van der Waals surface area contributed by atoms with E-state index in [1.807, 2.05) is 0 Å². The third-order valence-electron chi connectivity index (χ3n) is 7.02. The third-order valence-corrected chi connectivity index (χ3v) is 7.02. The molecule has 2 aromatic heterocycles. The van der Waals surface area contributed by atoms with Crippen molar-refractivity contribution in [3.63, 3.8) is 0 Å². The van der Waals surface area contributed by atoms with Gasteiger partial charge in [-0.1, -0.05) is 19.1 Å². The second-order valence-corrected chi connectivity index (χ2v) is 9.69. The Balaban J connectivity index is 1.49. The Labute approximate surface area is 219 Å². The number of benzene rings is 1. The number of hydrogen-bond acceptors (Lipinski definition) is 7. The van der Waals surface area contributed by atoms with Gasteiger partial charge < -0.3 is 20.1 Å². The van der Waals surface area contributed by atoms with Crippen LogP contribution in [0.4, 0.5) is 8.78 Å². The first-order valence-electron chi connectivity index (χ1n) is 12.7. The molecule has 0 radical (unpaired) electrons. The molecule has 4 rings (SSSR count). The fourth-order valence-electron chi connectivity index (χ4n) is 4.81. The van der Waals surface area contributed by atoms with E-state index < -0.39 is 41.3 Å². The highest BCUT2D eigenvalue weighted by molar-refractivity contribution is 5.71. The van der Waals surface area contributed by atoms with E-state index in [0.717, 1.165) is 19.0 Å². The number of hydrogen-bond donors (Lipinski definition) is 3. The minimum absolute atomic E-state index is 0.0823. The maximum atomic E-state index is 15.2. The van der Waals surface area contributed by atoms with E-state index in [2.05, 4.69) is 15.0 Å². The summed E-state index contributed by atoms with van der Waals surface area (Å²) >= 11 is 0. The van der Waals surface area contributed by atoms with E-state index in [4.69, 9.17) is 4.74 Å². The zero-order chi connectivity index (χ0) is 27.6. The Morgan fingerprint density at radius 3 is 2.58 bits per heavy atom. The quantitative estimate of drug-likeness (QED) is 0.314. The molecule has 0 aliphatic heterocycles. The maximum absolute atomic E-state index is 15.2. The van der Waals surface area contributed by atoms with Gasteiger partial charge in [-0.15, -0.1) is 0 Å². The predicted octanol–water partition coefficient (Wildman–Crippen LogP) is 5.11. The van der Waals surface area contributed by atoms with Crippen LogP contribution >= 0.6 is 0 Å². The minimum Gasteiger partial charge on any atom is -0.505 e. The molecular weight excluding hydrogens is 496 g/mol. The molecule has 1 fully saturated rings. The van der Waals surface area contributed by atoms with Crippen molar-refractivity contribution in [3.05, 3.63) is 64.7 Å². The van der Waals surface area contributed by atoms with Crippen LogP contribution in [0.15, 0.2) is 30.6 Å². The number of carboxylic acid groups (broad SMARTS) is 1. The summed E-state index contributed by atoms with van der Waals surface area (Å²) in [6, 6.07) is 4.56. The number of aliphatic hydroxyl groups is 1. The van der Waals surface area contributed by atoms with Crippen LogP contribution < -0.4 is 4.74 Å². The fourth-order valence-corrected chi connectivity index (χ4v) is 4.81. The number of pyridine rings is 1. The largest absolute Gasteiger partial charge is 0.505 e. The SMILES string of the molecule is CCOc1cc(-c2ncc(C(O)CCc3ccc(C(C4CC4)C(C)C(=O)O)c(F)c3O)nc2C)c(F)cn1. The van der Waals surface area contributed by atoms with Gasteiger partial charge in [0.15, 0.2) is 17.4 Å². The summed E-state index contributed by atoms with van der Waals surface area (Å²) in [5.74, 6) is -3.88. The molecule has 202 valence electrons. The highest BCUT2D eigenvalue weighted by Gasteiger charge is 2.40. The van der Waals surface area contributed by atoms with Gasteiger partial charge in [-0.2, -0.15) is 0 Å². The molecule has 2 heterocycles. The lowest BCUT2D eigenvalue weighted by Crippen LogP contribution is -2.21. The van der Waals surface area contributed by atoms with Gasteiger partial charge in [-0.3, -0.25) is 14.8 Å². The molecule has 3 N–H and O–H groups in total. The number of ether oxygens (including phenoxy) is 1. The second-order valence-electron chi connectivity index (χ2n) is 9.69. The van der Waals surface area contributed by atoms with Crippen LogP contribution in [-0.4, -0.2) is 42.8 Å². The van der Waals surface area contributed by atoms with E-state index >= 15 is 4.39 Å². The van der Waals surface area contributed by atoms with Gasteiger partial charge in [0, 0.05) is 17.5 Å². The number of aromatic hydroxyl groups is 1. The summed E-state index contributed by atoms with van der Waals surface area (Å²) < 4.78 is 34.9. The summed E-state index contributed by atoms with van der Waals surface area (Å²) in [4.78, 5) is 24.1. The van der Waals surface area contributed by atoms with Gasteiger partial charge in [0.25, 0.3) is 0 Å². The normalized spacial score (nSPS) is 15.6. The van der Waals surface area contributed by atoms with Crippen LogP contribution in [0.1, 0.15) is 67.6 Å². The summed E-state index contributed by atoms with van der Waals surface area (Å²) in [5.41, 5.74) is 1.62. The lowest BCUT2D eigenvalue weighted by Gasteiger charge is -2.23. The molecule has 1 aliphatic rings. The number of nitrogens with zero attached hydrogens (tertiary/aromatic N) is 3. The number of aryl methyl sites for hydroxylation is 2. The number of aliphatic hydroxyl groups excluding tert-OH is 1. The Hall–Kier alpha value is -3.66. The number of halogens is 2. The zero-order valence-corrected chi connectivity index (χ0v) is 21.5. The molecule has 0 bridgehead atoms. The van der Waals surface area contributed by atoms with Gasteiger partial charge in [0.1, 0.15) is 0 Å². The molecule has 1 saturated carbocycles. The first-order valence-corrected chi connectivity index (χ1v) is 12.7. The molecule has 3 aromatic rings. The van der Waals surface area contributed by atoms with E-state index in [1.54, 1.807) is 26.8 Å². The smallest absolute Gasteiger partial charge is 0.306 e. The number of aromatic nitrogens is 3. The number of rotatable bonds is 11. The molecule has 0 spiro atoms. The summed E-state index contributed by atoms with van der Waals surface area (Å²) in [6.45, 7) is 5.37. The van der Waals surface area contributed by atoms with Gasteiger partial charge >= 0.3 is 5.97 Å². The predicted molar refractivity (Wildman–Crippen MR) is 135 cm³/mol. The van der Waals surface area contributed by atoms with E-state index in [9.17, 15) is 24.5 Å². The fraction of sp³-hybridized carbons (Fsp3) is 0.429. The van der Waals surface area contributed by atoms with Crippen LogP contribution in [0.2, 0.25) is 0 Å². The Morgan fingerprint density at radius 2 is 1.95 bits per heavy atom. The lowest BCUT2D eigenvalue weighted by molar-refractivity contribution is -0.142. The highest BCUT2D eigenvalue weighted by Crippen LogP contribution is 2.48.